The van der Waals surface area contributed by atoms with Crippen LogP contribution in [0.4, 0.5) is 14.5 Å². The van der Waals surface area contributed by atoms with Gasteiger partial charge in [-0.05, 0) is 55.7 Å². The number of benzene rings is 2. The largest absolute Gasteiger partial charge is 0.490 e. The molecule has 0 aliphatic carbocycles. The summed E-state index contributed by atoms with van der Waals surface area (Å²) < 4.78 is 34.9. The molecule has 0 unspecified atom stereocenters. The van der Waals surface area contributed by atoms with Crippen LogP contribution >= 0.6 is 0 Å². The van der Waals surface area contributed by atoms with Gasteiger partial charge in [-0.15, -0.1) is 0 Å². The smallest absolute Gasteiger partial charge is 0.387 e. The number of rotatable bonds is 10. The maximum absolute atomic E-state index is 12.5. The first kappa shape index (κ1) is 25.2. The van der Waals surface area contributed by atoms with Crippen LogP contribution in [0.15, 0.2) is 54.6 Å². The maximum Gasteiger partial charge on any atom is 0.387 e. The van der Waals surface area contributed by atoms with Gasteiger partial charge in [0.05, 0.1) is 13.2 Å². The summed E-state index contributed by atoms with van der Waals surface area (Å²) in [5, 5.41) is 5.85. The summed E-state index contributed by atoms with van der Waals surface area (Å²) in [6, 6.07) is 13.8. The van der Waals surface area contributed by atoms with E-state index in [9.17, 15) is 18.4 Å². The molecule has 2 aromatic carbocycles. The number of nitrogens with zero attached hydrogens (tertiary/aromatic N) is 1. The van der Waals surface area contributed by atoms with E-state index in [0.717, 1.165) is 18.5 Å². The minimum absolute atomic E-state index is 0.0198. The van der Waals surface area contributed by atoms with E-state index in [1.807, 2.05) is 30.3 Å². The quantitative estimate of drug-likeness (QED) is 0.512. The number of anilines is 1. The molecule has 0 radical (unpaired) electrons. The molecule has 9 heteroatoms. The molecular weight excluding hydrogens is 444 g/mol. The second kappa shape index (κ2) is 12.7. The van der Waals surface area contributed by atoms with Crippen molar-refractivity contribution >= 4 is 23.6 Å². The van der Waals surface area contributed by atoms with Crippen molar-refractivity contribution in [3.8, 4) is 11.5 Å². The van der Waals surface area contributed by atoms with Crippen LogP contribution < -0.4 is 20.1 Å². The molecule has 1 aliphatic heterocycles. The minimum Gasteiger partial charge on any atom is -0.490 e. The fourth-order valence-electron chi connectivity index (χ4n) is 3.67. The molecule has 34 heavy (non-hydrogen) atoms. The monoisotopic (exact) mass is 473 g/mol. The number of carbonyl (C=O) groups is 2. The van der Waals surface area contributed by atoms with Gasteiger partial charge in [-0.3, -0.25) is 14.5 Å². The summed E-state index contributed by atoms with van der Waals surface area (Å²) >= 11 is 0. The number of likely N-dealkylation sites (tertiary alicyclic amines) is 1. The highest BCUT2D eigenvalue weighted by Gasteiger charge is 2.21. The van der Waals surface area contributed by atoms with E-state index in [4.69, 9.17) is 4.74 Å². The Morgan fingerprint density at radius 2 is 1.85 bits per heavy atom. The molecule has 7 nitrogen and oxygen atoms in total. The first-order valence-electron chi connectivity index (χ1n) is 11.2. The first-order chi connectivity index (χ1) is 16.4. The van der Waals surface area contributed by atoms with Crippen molar-refractivity contribution in [1.29, 1.82) is 0 Å². The Morgan fingerprint density at radius 3 is 2.53 bits per heavy atom. The molecule has 182 valence electrons. The van der Waals surface area contributed by atoms with E-state index >= 15 is 0 Å². The summed E-state index contributed by atoms with van der Waals surface area (Å²) in [6.45, 7) is 0.808. The van der Waals surface area contributed by atoms with E-state index in [1.165, 1.54) is 12.1 Å². The summed E-state index contributed by atoms with van der Waals surface area (Å²) in [5.74, 6) is -0.171. The molecule has 3 rings (SSSR count). The Bertz CT molecular complexity index is 977. The lowest BCUT2D eigenvalue weighted by molar-refractivity contribution is -0.119. The Morgan fingerprint density at radius 1 is 1.12 bits per heavy atom. The van der Waals surface area contributed by atoms with Gasteiger partial charge in [-0.2, -0.15) is 8.78 Å². The third kappa shape index (κ3) is 8.15. The van der Waals surface area contributed by atoms with Crippen LogP contribution in [0.2, 0.25) is 0 Å². The number of hydrogen-bond donors (Lipinski definition) is 2. The number of hydrogen-bond acceptors (Lipinski definition) is 5. The molecule has 1 heterocycles. The lowest BCUT2D eigenvalue weighted by Gasteiger charge is -2.31. The zero-order valence-corrected chi connectivity index (χ0v) is 19.0. The Hall–Kier alpha value is -3.46. The predicted octanol–water partition coefficient (Wildman–Crippen LogP) is 3.92. The molecule has 2 aromatic rings. The number of para-hydroxylation sites is 1. The van der Waals surface area contributed by atoms with E-state index in [-0.39, 0.29) is 29.4 Å². The van der Waals surface area contributed by atoms with Crippen LogP contribution in [0.3, 0.4) is 0 Å². The number of ether oxygens (including phenoxy) is 2. The van der Waals surface area contributed by atoms with Gasteiger partial charge in [0.2, 0.25) is 11.8 Å². The van der Waals surface area contributed by atoms with E-state index in [1.54, 1.807) is 25.1 Å². The summed E-state index contributed by atoms with van der Waals surface area (Å²) in [5.41, 5.74) is 1.39. The average molecular weight is 474 g/mol. The SMILES string of the molecule is CCOc1cc(/C=C/C(=O)NC2CCN(CC(=O)Nc3ccccc3)CC2)ccc1OC(F)F. The van der Waals surface area contributed by atoms with Crippen LogP contribution in [0.1, 0.15) is 25.3 Å². The van der Waals surface area contributed by atoms with E-state index in [0.29, 0.717) is 31.8 Å². The van der Waals surface area contributed by atoms with Gasteiger partial charge >= 0.3 is 6.61 Å². The number of carbonyl (C=O) groups excluding carboxylic acids is 2. The average Bonchev–Trinajstić information content (AvgIpc) is 2.81. The number of halogens is 2. The second-order valence-corrected chi connectivity index (χ2v) is 7.82. The fraction of sp³-hybridized carbons (Fsp3) is 0.360. The van der Waals surface area contributed by atoms with E-state index < -0.39 is 6.61 Å². The third-order valence-electron chi connectivity index (χ3n) is 5.27. The molecule has 2 amide bonds. The predicted molar refractivity (Wildman–Crippen MR) is 126 cm³/mol. The molecular formula is C25H29F2N3O4. The summed E-state index contributed by atoms with van der Waals surface area (Å²) in [4.78, 5) is 26.6. The van der Waals surface area contributed by atoms with Crippen molar-refractivity contribution in [2.75, 3.05) is 31.6 Å². The summed E-state index contributed by atoms with van der Waals surface area (Å²) in [7, 11) is 0. The molecule has 0 spiro atoms. The van der Waals surface area contributed by atoms with Gasteiger partial charge < -0.3 is 20.1 Å². The van der Waals surface area contributed by atoms with E-state index in [2.05, 4.69) is 20.3 Å². The highest BCUT2D eigenvalue weighted by atomic mass is 19.3. The van der Waals surface area contributed by atoms with Crippen molar-refractivity contribution in [1.82, 2.24) is 10.2 Å². The first-order valence-corrected chi connectivity index (χ1v) is 11.2. The van der Waals surface area contributed by atoms with Gasteiger partial charge in [-0.25, -0.2) is 0 Å². The molecule has 1 aliphatic rings. The van der Waals surface area contributed by atoms with Gasteiger partial charge in [0.25, 0.3) is 0 Å². The van der Waals surface area contributed by atoms with Crippen LogP contribution in [0.5, 0.6) is 11.5 Å². The van der Waals surface area contributed by atoms with Crippen LogP contribution in [-0.4, -0.2) is 55.6 Å². The van der Waals surface area contributed by atoms with Gasteiger partial charge in [0.1, 0.15) is 0 Å². The topological polar surface area (TPSA) is 79.9 Å². The van der Waals surface area contributed by atoms with Crippen LogP contribution in [-0.2, 0) is 9.59 Å². The van der Waals surface area contributed by atoms with Gasteiger partial charge in [-0.1, -0.05) is 24.3 Å². The van der Waals surface area contributed by atoms with Crippen molar-refractivity contribution < 1.29 is 27.8 Å². The minimum atomic E-state index is -2.95. The van der Waals surface area contributed by atoms with Crippen molar-refractivity contribution in [2.24, 2.45) is 0 Å². The summed E-state index contributed by atoms with van der Waals surface area (Å²) in [6.07, 6.45) is 4.48. The number of nitrogens with one attached hydrogen (secondary N) is 2. The molecule has 2 N–H and O–H groups in total. The molecule has 1 saturated heterocycles. The fourth-order valence-corrected chi connectivity index (χ4v) is 3.67. The van der Waals surface area contributed by atoms with Gasteiger partial charge in [0, 0.05) is 30.9 Å². The molecule has 1 fully saturated rings. The zero-order chi connectivity index (χ0) is 24.3. The normalized spacial score (nSPS) is 14.8. The highest BCUT2D eigenvalue weighted by Crippen LogP contribution is 2.30. The lowest BCUT2D eigenvalue weighted by Crippen LogP contribution is -2.46. The molecule has 0 atom stereocenters. The Kier molecular flexibility index (Phi) is 9.40. The lowest BCUT2D eigenvalue weighted by atomic mass is 10.0. The van der Waals surface area contributed by atoms with Crippen molar-refractivity contribution in [3.05, 3.63) is 60.2 Å². The van der Waals surface area contributed by atoms with Gasteiger partial charge in [0.15, 0.2) is 11.5 Å². The third-order valence-corrected chi connectivity index (χ3v) is 5.27. The van der Waals surface area contributed by atoms with Crippen LogP contribution in [0, 0.1) is 0 Å². The number of amides is 2. The van der Waals surface area contributed by atoms with Crippen LogP contribution in [0.25, 0.3) is 6.08 Å². The Labute approximate surface area is 197 Å². The van der Waals surface area contributed by atoms with Crippen molar-refractivity contribution in [3.63, 3.8) is 0 Å². The molecule has 0 bridgehead atoms. The number of piperidine rings is 1. The zero-order valence-electron chi connectivity index (χ0n) is 19.0. The standard InChI is InChI=1S/C25H29F2N3O4/c1-2-33-22-16-18(8-10-21(22)34-25(26)27)9-11-23(31)28-20-12-14-30(15-13-20)17-24(32)29-19-6-4-3-5-7-19/h3-11,16,20,25H,2,12-15,17H2,1H3,(H,28,31)(H,29,32)/b11-9+. The molecule has 0 saturated carbocycles. The second-order valence-electron chi connectivity index (χ2n) is 7.82. The maximum atomic E-state index is 12.5. The highest BCUT2D eigenvalue weighted by molar-refractivity contribution is 5.92. The molecule has 0 aromatic heterocycles. The Balaban J connectivity index is 1.44. The van der Waals surface area contributed by atoms with Crippen molar-refractivity contribution in [2.45, 2.75) is 32.4 Å². The number of alkyl halides is 2.